The topological polar surface area (TPSA) is 6.48 Å². The quantitative estimate of drug-likeness (QED) is 0.141. The Morgan fingerprint density at radius 3 is 0.875 bits per heavy atom. The molecule has 0 fully saturated rings. The van der Waals surface area contributed by atoms with Crippen LogP contribution in [0.3, 0.4) is 0 Å². The molecule has 0 radical (unpaired) electrons. The van der Waals surface area contributed by atoms with Gasteiger partial charge in [-0.3, -0.25) is 0 Å². The number of hydrogen-bond acceptors (Lipinski definition) is 2. The Balaban J connectivity index is 0.835. The summed E-state index contributed by atoms with van der Waals surface area (Å²) in [5.41, 5.74) is 11.6. The number of benzene rings is 13. The van der Waals surface area contributed by atoms with Crippen LogP contribution in [0.15, 0.2) is 243 Å². The molecule has 0 N–H and O–H groups in total. The van der Waals surface area contributed by atoms with E-state index in [1.165, 1.54) is 98.3 Å². The number of para-hydroxylation sites is 2. The number of anilines is 6. The van der Waals surface area contributed by atoms with Crippen molar-refractivity contribution in [2.75, 3.05) is 9.80 Å². The minimum absolute atomic E-state index is 1.12. The van der Waals surface area contributed by atoms with Gasteiger partial charge in [-0.1, -0.05) is 182 Å². The van der Waals surface area contributed by atoms with Crippen molar-refractivity contribution in [3.05, 3.63) is 243 Å². The molecule has 2 nitrogen and oxygen atoms in total. The van der Waals surface area contributed by atoms with Crippen LogP contribution in [0.5, 0.6) is 0 Å². The second-order valence-electron chi connectivity index (χ2n) is 16.9. The molecule has 13 aromatic rings. The Morgan fingerprint density at radius 2 is 0.500 bits per heavy atom. The highest BCUT2D eigenvalue weighted by atomic mass is 15.1. The fourth-order valence-electron chi connectivity index (χ4n) is 10.3. The molecule has 0 atom stereocenters. The molecule has 0 aliphatic heterocycles. The molecule has 0 unspecified atom stereocenters. The van der Waals surface area contributed by atoms with Gasteiger partial charge in [0.15, 0.2) is 0 Å². The number of nitrogens with zero attached hydrogens (tertiary/aromatic N) is 2. The van der Waals surface area contributed by atoms with Crippen LogP contribution in [-0.4, -0.2) is 0 Å². The lowest BCUT2D eigenvalue weighted by Gasteiger charge is -2.28. The molecule has 0 amide bonds. The fraction of sp³-hybridized carbons (Fsp3) is 0. The van der Waals surface area contributed by atoms with E-state index in [1.807, 2.05) is 0 Å². The van der Waals surface area contributed by atoms with Gasteiger partial charge in [0.25, 0.3) is 0 Å². The third-order valence-electron chi connectivity index (χ3n) is 13.3. The van der Waals surface area contributed by atoms with Crippen LogP contribution < -0.4 is 9.80 Å². The summed E-state index contributed by atoms with van der Waals surface area (Å²) in [7, 11) is 0. The van der Waals surface area contributed by atoms with Crippen LogP contribution in [0.2, 0.25) is 0 Å². The van der Waals surface area contributed by atoms with Crippen LogP contribution >= 0.6 is 0 Å². The molecular formula is C62H40N2. The predicted octanol–water partition coefficient (Wildman–Crippen LogP) is 17.8. The van der Waals surface area contributed by atoms with E-state index in [-0.39, 0.29) is 0 Å². The zero-order chi connectivity index (χ0) is 42.1. The second-order valence-corrected chi connectivity index (χ2v) is 16.9. The lowest BCUT2D eigenvalue weighted by molar-refractivity contribution is 1.30. The fourth-order valence-corrected chi connectivity index (χ4v) is 10.3. The summed E-state index contributed by atoms with van der Waals surface area (Å²) in [6.45, 7) is 0. The first-order valence-corrected chi connectivity index (χ1v) is 22.1. The maximum Gasteiger partial charge on any atom is 0.0546 e. The van der Waals surface area contributed by atoms with Gasteiger partial charge in [-0.15, -0.1) is 0 Å². The van der Waals surface area contributed by atoms with E-state index in [9.17, 15) is 0 Å². The largest absolute Gasteiger partial charge is 0.310 e. The zero-order valence-electron chi connectivity index (χ0n) is 35.0. The Kier molecular flexibility index (Phi) is 8.25. The first kappa shape index (κ1) is 36.2. The Hall–Kier alpha value is -8.46. The van der Waals surface area contributed by atoms with Crippen molar-refractivity contribution >= 4 is 98.8 Å². The van der Waals surface area contributed by atoms with Gasteiger partial charge < -0.3 is 9.80 Å². The summed E-state index contributed by atoms with van der Waals surface area (Å²) in [5.74, 6) is 0. The average Bonchev–Trinajstić information content (AvgIpc) is 3.37. The molecule has 0 saturated carbocycles. The molecule has 2 heteroatoms. The van der Waals surface area contributed by atoms with E-state index in [2.05, 4.69) is 252 Å². The standard InChI is InChI=1S/C62H40N2/c1-3-17-51(18-4-1)63(57-39-49-15-7-11-45-27-29-47-13-9-21-55(57)61(47)59(45)49)53-35-31-43(32-36-53)41-23-25-42(26-24-41)44-33-37-54(38-34-44)64(52-19-5-2-6-20-52)58-40-50-16-8-12-46-28-30-48-14-10-22-56(58)62(48)60(46)50/h1-40H. The van der Waals surface area contributed by atoms with Crippen LogP contribution in [0.25, 0.3) is 86.9 Å². The third kappa shape index (κ3) is 5.81. The van der Waals surface area contributed by atoms with Crippen molar-refractivity contribution in [1.82, 2.24) is 0 Å². The second kappa shape index (κ2) is 14.6. The summed E-state index contributed by atoms with van der Waals surface area (Å²) in [6, 6.07) is 88.9. The van der Waals surface area contributed by atoms with Gasteiger partial charge in [-0.05, 0) is 137 Å². The summed E-state index contributed by atoms with van der Waals surface area (Å²) < 4.78 is 0. The summed E-state index contributed by atoms with van der Waals surface area (Å²) in [4.78, 5) is 4.81. The van der Waals surface area contributed by atoms with Crippen molar-refractivity contribution in [2.24, 2.45) is 0 Å². The minimum atomic E-state index is 1.12. The minimum Gasteiger partial charge on any atom is -0.310 e. The molecular weight excluding hydrogens is 773 g/mol. The van der Waals surface area contributed by atoms with Gasteiger partial charge in [0.1, 0.15) is 0 Å². The van der Waals surface area contributed by atoms with Crippen LogP contribution in [0.1, 0.15) is 0 Å². The number of hydrogen-bond donors (Lipinski definition) is 0. The van der Waals surface area contributed by atoms with E-state index < -0.39 is 0 Å². The van der Waals surface area contributed by atoms with Gasteiger partial charge in [0.05, 0.1) is 11.4 Å². The predicted molar refractivity (Wildman–Crippen MR) is 274 cm³/mol. The molecule has 13 aromatic carbocycles. The molecule has 0 bridgehead atoms. The van der Waals surface area contributed by atoms with Crippen molar-refractivity contribution in [3.63, 3.8) is 0 Å². The molecule has 0 aliphatic rings. The van der Waals surface area contributed by atoms with E-state index in [4.69, 9.17) is 0 Å². The summed E-state index contributed by atoms with van der Waals surface area (Å²) >= 11 is 0. The highest BCUT2D eigenvalue weighted by Crippen LogP contribution is 2.47. The van der Waals surface area contributed by atoms with Crippen LogP contribution in [-0.2, 0) is 0 Å². The third-order valence-corrected chi connectivity index (χ3v) is 13.3. The van der Waals surface area contributed by atoms with Crippen molar-refractivity contribution in [1.29, 1.82) is 0 Å². The monoisotopic (exact) mass is 812 g/mol. The SMILES string of the molecule is c1ccc(N(c2ccc(-c3ccc(-c4ccc(N(c5ccccc5)c5cc6cccc7ccc8cccc5c8c76)cc4)cc3)cc2)c2cc3cccc4ccc5cccc2c5c43)cc1. The van der Waals surface area contributed by atoms with Gasteiger partial charge in [0.2, 0.25) is 0 Å². The van der Waals surface area contributed by atoms with Gasteiger partial charge >= 0.3 is 0 Å². The van der Waals surface area contributed by atoms with E-state index >= 15 is 0 Å². The maximum absolute atomic E-state index is 2.41. The van der Waals surface area contributed by atoms with Crippen LogP contribution in [0, 0.1) is 0 Å². The van der Waals surface area contributed by atoms with Crippen LogP contribution in [0.4, 0.5) is 34.1 Å². The molecule has 0 spiro atoms. The van der Waals surface area contributed by atoms with E-state index in [0.717, 1.165) is 22.7 Å². The van der Waals surface area contributed by atoms with Crippen molar-refractivity contribution < 1.29 is 0 Å². The molecule has 0 aromatic heterocycles. The maximum atomic E-state index is 2.41. The Labute approximate surface area is 371 Å². The number of rotatable bonds is 8. The first-order chi connectivity index (χ1) is 31.7. The molecule has 13 rings (SSSR count). The Bertz CT molecular complexity index is 3550. The first-order valence-electron chi connectivity index (χ1n) is 22.1. The smallest absolute Gasteiger partial charge is 0.0546 e. The van der Waals surface area contributed by atoms with Crippen molar-refractivity contribution in [2.45, 2.75) is 0 Å². The lowest BCUT2D eigenvalue weighted by Crippen LogP contribution is -2.10. The van der Waals surface area contributed by atoms with Gasteiger partial charge in [-0.25, -0.2) is 0 Å². The van der Waals surface area contributed by atoms with Crippen molar-refractivity contribution in [3.8, 4) is 22.3 Å². The molecule has 0 heterocycles. The van der Waals surface area contributed by atoms with E-state index in [1.54, 1.807) is 0 Å². The highest BCUT2D eigenvalue weighted by molar-refractivity contribution is 6.28. The highest BCUT2D eigenvalue weighted by Gasteiger charge is 2.21. The Morgan fingerprint density at radius 1 is 0.203 bits per heavy atom. The molecule has 298 valence electrons. The molecule has 0 aliphatic carbocycles. The van der Waals surface area contributed by atoms with Gasteiger partial charge in [0, 0.05) is 33.5 Å². The zero-order valence-corrected chi connectivity index (χ0v) is 35.0. The van der Waals surface area contributed by atoms with Gasteiger partial charge in [-0.2, -0.15) is 0 Å². The summed E-state index contributed by atoms with van der Waals surface area (Å²) in [5, 5.41) is 15.4. The molecule has 64 heavy (non-hydrogen) atoms. The van der Waals surface area contributed by atoms with E-state index in [0.29, 0.717) is 0 Å². The summed E-state index contributed by atoms with van der Waals surface area (Å²) in [6.07, 6.45) is 0. The molecule has 0 saturated heterocycles. The average molecular weight is 813 g/mol. The lowest BCUT2D eigenvalue weighted by atomic mass is 9.92. The normalized spacial score (nSPS) is 11.8.